The van der Waals surface area contributed by atoms with Crippen LogP contribution >= 0.6 is 0 Å². The molecule has 0 bridgehead atoms. The topological polar surface area (TPSA) is 38.7 Å². The maximum absolute atomic E-state index is 5.39. The Hall–Kier alpha value is -5.67. The number of hydrogen-bond donors (Lipinski definition) is 0. The zero-order chi connectivity index (χ0) is 27.9. The molecule has 42 heavy (non-hydrogen) atoms. The summed E-state index contributed by atoms with van der Waals surface area (Å²) in [5.74, 6) is 0. The van der Waals surface area contributed by atoms with Crippen LogP contribution < -0.4 is 0 Å². The van der Waals surface area contributed by atoms with E-state index in [1.807, 2.05) is 54.6 Å². The van der Waals surface area contributed by atoms with E-state index in [0.717, 1.165) is 66.8 Å². The standard InChI is InChI=1S/C39H25N3/c1-4-13-27(14-5-1)36-37(28-15-6-2-7-16-28)42-39(38(41-36)29-17-8-3-9-18-29)31-21-20-30-24-33-32-19-11-10-12-26(32)22-23-34(33)40-35(30)25-31/h1-25H. The fraction of sp³-hybridized carbons (Fsp3) is 0. The predicted molar refractivity (Wildman–Crippen MR) is 174 cm³/mol. The van der Waals surface area contributed by atoms with Crippen molar-refractivity contribution < 1.29 is 0 Å². The number of rotatable bonds is 4. The Balaban J connectivity index is 1.39. The summed E-state index contributed by atoms with van der Waals surface area (Å²) in [5, 5.41) is 4.70. The Morgan fingerprint density at radius 1 is 0.286 bits per heavy atom. The quantitative estimate of drug-likeness (QED) is 0.166. The Morgan fingerprint density at radius 3 is 1.38 bits per heavy atom. The van der Waals surface area contributed by atoms with E-state index in [9.17, 15) is 0 Å². The van der Waals surface area contributed by atoms with Crippen molar-refractivity contribution in [3.8, 4) is 45.0 Å². The minimum Gasteiger partial charge on any atom is -0.248 e. The lowest BCUT2D eigenvalue weighted by atomic mass is 9.98. The highest BCUT2D eigenvalue weighted by Gasteiger charge is 2.19. The molecule has 0 saturated heterocycles. The molecule has 0 unspecified atom stereocenters. The van der Waals surface area contributed by atoms with Gasteiger partial charge >= 0.3 is 0 Å². The van der Waals surface area contributed by atoms with Gasteiger partial charge < -0.3 is 0 Å². The first kappa shape index (κ1) is 24.2. The van der Waals surface area contributed by atoms with E-state index in [-0.39, 0.29) is 0 Å². The summed E-state index contributed by atoms with van der Waals surface area (Å²) < 4.78 is 0. The van der Waals surface area contributed by atoms with Gasteiger partial charge in [-0.15, -0.1) is 0 Å². The van der Waals surface area contributed by atoms with Gasteiger partial charge in [-0.05, 0) is 29.0 Å². The molecule has 0 aliphatic rings. The van der Waals surface area contributed by atoms with Crippen molar-refractivity contribution in [2.45, 2.75) is 0 Å². The van der Waals surface area contributed by atoms with Crippen molar-refractivity contribution in [3.63, 3.8) is 0 Å². The molecule has 0 spiro atoms. The average Bonchev–Trinajstić information content (AvgIpc) is 3.07. The van der Waals surface area contributed by atoms with Crippen LogP contribution in [0.2, 0.25) is 0 Å². The maximum atomic E-state index is 5.39. The van der Waals surface area contributed by atoms with Crippen LogP contribution in [0.25, 0.3) is 77.6 Å². The molecule has 3 heteroatoms. The van der Waals surface area contributed by atoms with Crippen LogP contribution in [-0.4, -0.2) is 15.0 Å². The highest BCUT2D eigenvalue weighted by molar-refractivity contribution is 6.09. The van der Waals surface area contributed by atoms with Gasteiger partial charge in [0.2, 0.25) is 0 Å². The van der Waals surface area contributed by atoms with Gasteiger partial charge in [-0.1, -0.05) is 133 Å². The van der Waals surface area contributed by atoms with Crippen LogP contribution in [0.4, 0.5) is 0 Å². The van der Waals surface area contributed by atoms with Crippen LogP contribution in [0.15, 0.2) is 152 Å². The number of aromatic nitrogens is 3. The summed E-state index contributed by atoms with van der Waals surface area (Å²) >= 11 is 0. The molecular weight excluding hydrogens is 510 g/mol. The van der Waals surface area contributed by atoms with Crippen LogP contribution in [0.3, 0.4) is 0 Å². The third kappa shape index (κ3) is 4.20. The van der Waals surface area contributed by atoms with E-state index in [0.29, 0.717) is 0 Å². The molecule has 8 aromatic rings. The van der Waals surface area contributed by atoms with E-state index in [4.69, 9.17) is 15.0 Å². The van der Waals surface area contributed by atoms with E-state index in [2.05, 4.69) is 97.1 Å². The maximum Gasteiger partial charge on any atom is 0.0974 e. The normalized spacial score (nSPS) is 11.3. The third-order valence-corrected chi connectivity index (χ3v) is 7.83. The molecule has 0 aliphatic carbocycles. The van der Waals surface area contributed by atoms with Crippen molar-refractivity contribution in [1.82, 2.24) is 15.0 Å². The molecule has 0 amide bonds. The van der Waals surface area contributed by atoms with E-state index >= 15 is 0 Å². The van der Waals surface area contributed by atoms with Gasteiger partial charge in [0.1, 0.15) is 0 Å². The van der Waals surface area contributed by atoms with Crippen molar-refractivity contribution >= 4 is 32.6 Å². The summed E-state index contributed by atoms with van der Waals surface area (Å²) in [7, 11) is 0. The lowest BCUT2D eigenvalue weighted by Crippen LogP contribution is -2.01. The highest BCUT2D eigenvalue weighted by Crippen LogP contribution is 2.38. The van der Waals surface area contributed by atoms with Crippen molar-refractivity contribution in [3.05, 3.63) is 152 Å². The second-order valence-electron chi connectivity index (χ2n) is 10.5. The van der Waals surface area contributed by atoms with E-state index in [1.54, 1.807) is 0 Å². The zero-order valence-electron chi connectivity index (χ0n) is 22.8. The number of nitrogens with zero attached hydrogens (tertiary/aromatic N) is 3. The summed E-state index contributed by atoms with van der Waals surface area (Å²) in [4.78, 5) is 15.8. The molecule has 0 fully saturated rings. The lowest BCUT2D eigenvalue weighted by molar-refractivity contribution is 1.22. The molecular formula is C39H25N3. The van der Waals surface area contributed by atoms with Crippen LogP contribution in [0.1, 0.15) is 0 Å². The van der Waals surface area contributed by atoms with Gasteiger partial charge in [0.15, 0.2) is 0 Å². The fourth-order valence-corrected chi connectivity index (χ4v) is 5.76. The first-order valence-electron chi connectivity index (χ1n) is 14.1. The Kier molecular flexibility index (Phi) is 5.79. The first-order chi connectivity index (χ1) is 20.8. The molecule has 0 saturated carbocycles. The molecule has 2 heterocycles. The lowest BCUT2D eigenvalue weighted by Gasteiger charge is -2.16. The van der Waals surface area contributed by atoms with E-state index in [1.165, 1.54) is 10.8 Å². The summed E-state index contributed by atoms with van der Waals surface area (Å²) in [5.41, 5.74) is 9.39. The minimum atomic E-state index is 0.835. The monoisotopic (exact) mass is 535 g/mol. The summed E-state index contributed by atoms with van der Waals surface area (Å²) in [6, 6.07) is 52.4. The zero-order valence-corrected chi connectivity index (χ0v) is 22.8. The molecule has 0 aliphatic heterocycles. The molecule has 2 aromatic heterocycles. The molecule has 6 aromatic carbocycles. The Morgan fingerprint density at radius 2 is 0.786 bits per heavy atom. The largest absolute Gasteiger partial charge is 0.248 e. The molecule has 8 rings (SSSR count). The van der Waals surface area contributed by atoms with Crippen molar-refractivity contribution in [1.29, 1.82) is 0 Å². The van der Waals surface area contributed by atoms with Gasteiger partial charge in [-0.25, -0.2) is 15.0 Å². The van der Waals surface area contributed by atoms with Crippen LogP contribution in [0, 0.1) is 0 Å². The smallest absolute Gasteiger partial charge is 0.0974 e. The Labute approximate surface area is 243 Å². The van der Waals surface area contributed by atoms with Crippen LogP contribution in [-0.2, 0) is 0 Å². The molecule has 0 N–H and O–H groups in total. The minimum absolute atomic E-state index is 0.835. The molecule has 0 atom stereocenters. The molecule has 196 valence electrons. The third-order valence-electron chi connectivity index (χ3n) is 7.83. The predicted octanol–water partition coefficient (Wildman–Crippen LogP) is 10.00. The van der Waals surface area contributed by atoms with Crippen LogP contribution in [0.5, 0.6) is 0 Å². The second-order valence-corrected chi connectivity index (χ2v) is 10.5. The summed E-state index contributed by atoms with van der Waals surface area (Å²) in [6.45, 7) is 0. The molecule has 3 nitrogen and oxygen atoms in total. The van der Waals surface area contributed by atoms with Gasteiger partial charge in [0, 0.05) is 33.0 Å². The number of fused-ring (bicyclic) bond motifs is 4. The highest BCUT2D eigenvalue weighted by atomic mass is 14.9. The number of benzene rings is 6. The summed E-state index contributed by atoms with van der Waals surface area (Å²) in [6.07, 6.45) is 0. The van der Waals surface area contributed by atoms with E-state index < -0.39 is 0 Å². The Bertz CT molecular complexity index is 2230. The van der Waals surface area contributed by atoms with Crippen molar-refractivity contribution in [2.75, 3.05) is 0 Å². The first-order valence-corrected chi connectivity index (χ1v) is 14.1. The average molecular weight is 536 g/mol. The molecule has 0 radical (unpaired) electrons. The van der Waals surface area contributed by atoms with Gasteiger partial charge in [-0.2, -0.15) is 0 Å². The second kappa shape index (κ2) is 10.1. The number of hydrogen-bond acceptors (Lipinski definition) is 3. The number of pyridine rings is 1. The van der Waals surface area contributed by atoms with Gasteiger partial charge in [0.05, 0.1) is 33.8 Å². The van der Waals surface area contributed by atoms with Gasteiger partial charge in [-0.3, -0.25) is 0 Å². The fourth-order valence-electron chi connectivity index (χ4n) is 5.76. The van der Waals surface area contributed by atoms with Crippen molar-refractivity contribution in [2.24, 2.45) is 0 Å². The SMILES string of the molecule is c1ccc(-c2nc(-c3ccccc3)c(-c3ccc4cc5c(ccc6ccccc65)nc4c3)nc2-c2ccccc2)cc1. The van der Waals surface area contributed by atoms with Gasteiger partial charge in [0.25, 0.3) is 0 Å².